The molecule has 1 amide bonds. The molecule has 0 aromatic heterocycles. The van der Waals surface area contributed by atoms with E-state index in [0.29, 0.717) is 6.61 Å². The van der Waals surface area contributed by atoms with Crippen LogP contribution in [0.25, 0.3) is 6.08 Å². The van der Waals surface area contributed by atoms with Crippen molar-refractivity contribution in [1.29, 1.82) is 0 Å². The second kappa shape index (κ2) is 6.13. The Balaban J connectivity index is 1.74. The van der Waals surface area contributed by atoms with Gasteiger partial charge in [0.05, 0.1) is 11.2 Å². The highest BCUT2D eigenvalue weighted by atomic mass is 16.5. The van der Waals surface area contributed by atoms with Crippen LogP contribution in [0.15, 0.2) is 29.8 Å². The molecule has 0 bridgehead atoms. The monoisotopic (exact) mass is 301 g/mol. The van der Waals surface area contributed by atoms with E-state index in [2.05, 4.69) is 6.92 Å². The molecule has 0 spiro atoms. The normalized spacial score (nSPS) is 24.8. The van der Waals surface area contributed by atoms with Crippen molar-refractivity contribution >= 4 is 12.0 Å². The second-order valence-corrected chi connectivity index (χ2v) is 6.30. The van der Waals surface area contributed by atoms with Crippen molar-refractivity contribution in [3.63, 3.8) is 0 Å². The Bertz CT molecular complexity index is 596. The fourth-order valence-corrected chi connectivity index (χ4v) is 3.10. The molecule has 2 heterocycles. The first-order chi connectivity index (χ1) is 10.6. The number of likely N-dealkylation sites (tertiary alicyclic amines) is 1. The molecule has 4 nitrogen and oxygen atoms in total. The summed E-state index contributed by atoms with van der Waals surface area (Å²) in [6, 6.07) is 7.82. The molecule has 4 heteroatoms. The summed E-state index contributed by atoms with van der Waals surface area (Å²) in [5.41, 5.74) is 1.60. The number of methoxy groups -OCH3 is 1. The van der Waals surface area contributed by atoms with Crippen LogP contribution >= 0.6 is 0 Å². The lowest BCUT2D eigenvalue weighted by Crippen LogP contribution is -2.36. The fraction of sp³-hybridized carbons (Fsp3) is 0.500. The van der Waals surface area contributed by atoms with Gasteiger partial charge in [-0.25, -0.2) is 0 Å². The zero-order chi connectivity index (χ0) is 15.6. The van der Waals surface area contributed by atoms with Gasteiger partial charge >= 0.3 is 0 Å². The molecule has 1 atom stereocenters. The van der Waals surface area contributed by atoms with Crippen LogP contribution in [-0.2, 0) is 9.53 Å². The van der Waals surface area contributed by atoms with Crippen LogP contribution in [0.4, 0.5) is 0 Å². The summed E-state index contributed by atoms with van der Waals surface area (Å²) in [5.74, 6) is 0.941. The molecule has 1 fully saturated rings. The minimum absolute atomic E-state index is 0.0925. The number of para-hydroxylation sites is 1. The summed E-state index contributed by atoms with van der Waals surface area (Å²) in [6.45, 7) is 4.01. The first kappa shape index (κ1) is 15.1. The molecule has 118 valence electrons. The van der Waals surface area contributed by atoms with E-state index in [1.165, 1.54) is 0 Å². The van der Waals surface area contributed by atoms with E-state index in [1.807, 2.05) is 35.2 Å². The van der Waals surface area contributed by atoms with Crippen LogP contribution in [0.3, 0.4) is 0 Å². The molecule has 0 aliphatic carbocycles. The average molecular weight is 301 g/mol. The van der Waals surface area contributed by atoms with Crippen LogP contribution in [0.2, 0.25) is 0 Å². The van der Waals surface area contributed by atoms with Crippen molar-refractivity contribution in [3.8, 4) is 5.75 Å². The SMILES string of the molecule is COC1(C)CCCN(C(=O)C2=Cc3ccccc3OC2)CC1. The van der Waals surface area contributed by atoms with Gasteiger partial charge in [-0.3, -0.25) is 4.79 Å². The van der Waals surface area contributed by atoms with Gasteiger partial charge in [-0.1, -0.05) is 18.2 Å². The predicted octanol–water partition coefficient (Wildman–Crippen LogP) is 2.88. The lowest BCUT2D eigenvalue weighted by molar-refractivity contribution is -0.127. The first-order valence-electron chi connectivity index (χ1n) is 7.88. The minimum Gasteiger partial charge on any atom is -0.488 e. The number of benzene rings is 1. The molecule has 2 aliphatic heterocycles. The Labute approximate surface area is 131 Å². The maximum atomic E-state index is 12.8. The fourth-order valence-electron chi connectivity index (χ4n) is 3.10. The number of amides is 1. The molecule has 1 saturated heterocycles. The summed E-state index contributed by atoms with van der Waals surface area (Å²) < 4.78 is 11.3. The Kier molecular flexibility index (Phi) is 4.21. The van der Waals surface area contributed by atoms with E-state index in [9.17, 15) is 4.79 Å². The van der Waals surface area contributed by atoms with E-state index in [4.69, 9.17) is 9.47 Å². The van der Waals surface area contributed by atoms with Gasteiger partial charge in [-0.05, 0) is 38.3 Å². The Morgan fingerprint density at radius 3 is 2.91 bits per heavy atom. The molecule has 1 aromatic carbocycles. The van der Waals surface area contributed by atoms with Crippen molar-refractivity contribution in [1.82, 2.24) is 4.90 Å². The largest absolute Gasteiger partial charge is 0.488 e. The average Bonchev–Trinajstić information content (AvgIpc) is 2.76. The van der Waals surface area contributed by atoms with Gasteiger partial charge in [0.25, 0.3) is 5.91 Å². The van der Waals surface area contributed by atoms with Crippen LogP contribution < -0.4 is 4.74 Å². The van der Waals surface area contributed by atoms with Crippen molar-refractivity contribution in [3.05, 3.63) is 35.4 Å². The Hall–Kier alpha value is -1.81. The highest BCUT2D eigenvalue weighted by molar-refractivity contribution is 5.99. The lowest BCUT2D eigenvalue weighted by Gasteiger charge is -2.27. The molecule has 0 radical (unpaired) electrons. The molecule has 22 heavy (non-hydrogen) atoms. The van der Waals surface area contributed by atoms with Crippen molar-refractivity contribution in [2.45, 2.75) is 31.8 Å². The summed E-state index contributed by atoms with van der Waals surface area (Å²) in [6.07, 6.45) is 4.80. The third kappa shape index (κ3) is 3.02. The third-order valence-corrected chi connectivity index (χ3v) is 4.73. The first-order valence-corrected chi connectivity index (χ1v) is 7.88. The highest BCUT2D eigenvalue weighted by Gasteiger charge is 2.30. The smallest absolute Gasteiger partial charge is 0.253 e. The van der Waals surface area contributed by atoms with E-state index in [-0.39, 0.29) is 11.5 Å². The van der Waals surface area contributed by atoms with Gasteiger partial charge in [-0.15, -0.1) is 0 Å². The van der Waals surface area contributed by atoms with Crippen molar-refractivity contribution in [2.75, 3.05) is 26.8 Å². The van der Waals surface area contributed by atoms with E-state index < -0.39 is 0 Å². The summed E-state index contributed by atoms with van der Waals surface area (Å²) >= 11 is 0. The van der Waals surface area contributed by atoms with E-state index >= 15 is 0 Å². The van der Waals surface area contributed by atoms with Crippen LogP contribution in [0.5, 0.6) is 5.75 Å². The van der Waals surface area contributed by atoms with Crippen molar-refractivity contribution in [2.24, 2.45) is 0 Å². The van der Waals surface area contributed by atoms with Crippen LogP contribution in [-0.4, -0.2) is 43.2 Å². The summed E-state index contributed by atoms with van der Waals surface area (Å²) in [7, 11) is 1.76. The summed E-state index contributed by atoms with van der Waals surface area (Å²) in [5, 5.41) is 0. The van der Waals surface area contributed by atoms with E-state index in [1.54, 1.807) is 7.11 Å². The second-order valence-electron chi connectivity index (χ2n) is 6.30. The number of carbonyl (C=O) groups is 1. The van der Waals surface area contributed by atoms with Crippen LogP contribution in [0, 0.1) is 0 Å². The number of hydrogen-bond acceptors (Lipinski definition) is 3. The molecule has 1 unspecified atom stereocenters. The molecular formula is C18H23NO3. The molecule has 0 N–H and O–H groups in total. The zero-order valence-electron chi connectivity index (χ0n) is 13.3. The standard InChI is InChI=1S/C18H23NO3/c1-18(21-2)8-5-10-19(11-9-18)17(20)15-12-14-6-3-4-7-16(14)22-13-15/h3-4,6-7,12H,5,8-11,13H2,1-2H3. The number of hydrogen-bond donors (Lipinski definition) is 0. The number of fused-ring (bicyclic) bond motifs is 1. The topological polar surface area (TPSA) is 38.8 Å². The maximum Gasteiger partial charge on any atom is 0.253 e. The van der Waals surface area contributed by atoms with Gasteiger partial charge in [0.15, 0.2) is 0 Å². The number of carbonyl (C=O) groups excluding carboxylic acids is 1. The zero-order valence-corrected chi connectivity index (χ0v) is 13.3. The highest BCUT2D eigenvalue weighted by Crippen LogP contribution is 2.29. The molecular weight excluding hydrogens is 278 g/mol. The number of nitrogens with zero attached hydrogens (tertiary/aromatic N) is 1. The summed E-state index contributed by atoms with van der Waals surface area (Å²) in [4.78, 5) is 14.7. The number of rotatable bonds is 2. The minimum atomic E-state index is -0.112. The quantitative estimate of drug-likeness (QED) is 0.843. The maximum absolute atomic E-state index is 12.8. The predicted molar refractivity (Wildman–Crippen MR) is 85.8 cm³/mol. The van der Waals surface area contributed by atoms with Gasteiger partial charge in [0.1, 0.15) is 12.4 Å². The lowest BCUT2D eigenvalue weighted by atomic mass is 9.97. The van der Waals surface area contributed by atoms with Crippen LogP contribution in [0.1, 0.15) is 31.7 Å². The molecule has 0 saturated carbocycles. The van der Waals surface area contributed by atoms with E-state index in [0.717, 1.165) is 49.2 Å². The molecule has 2 aliphatic rings. The van der Waals surface area contributed by atoms with Gasteiger partial charge in [-0.2, -0.15) is 0 Å². The van der Waals surface area contributed by atoms with Gasteiger partial charge < -0.3 is 14.4 Å². The van der Waals surface area contributed by atoms with Gasteiger partial charge in [0, 0.05) is 25.8 Å². The Morgan fingerprint density at radius 2 is 2.09 bits per heavy atom. The van der Waals surface area contributed by atoms with Gasteiger partial charge in [0.2, 0.25) is 0 Å². The third-order valence-electron chi connectivity index (χ3n) is 4.73. The Morgan fingerprint density at radius 1 is 1.27 bits per heavy atom. The molecule has 3 rings (SSSR count). The molecule has 1 aromatic rings. The number of ether oxygens (including phenoxy) is 2. The van der Waals surface area contributed by atoms with Crippen molar-refractivity contribution < 1.29 is 14.3 Å².